The molecular formula is C9H15Cl. The van der Waals surface area contributed by atoms with Crippen LogP contribution in [0.1, 0.15) is 33.1 Å². The minimum atomic E-state index is 0.405. The zero-order valence-electron chi connectivity index (χ0n) is 6.78. The predicted molar refractivity (Wildman–Crippen MR) is 46.4 cm³/mol. The van der Waals surface area contributed by atoms with Gasteiger partial charge in [0.1, 0.15) is 0 Å². The second-order valence-electron chi connectivity index (χ2n) is 3.78. The van der Waals surface area contributed by atoms with E-state index in [4.69, 9.17) is 11.6 Å². The minimum absolute atomic E-state index is 0.405. The molecule has 0 aromatic carbocycles. The molecule has 1 aliphatic carbocycles. The summed E-state index contributed by atoms with van der Waals surface area (Å²) in [4.78, 5) is 0. The molecule has 0 unspecified atom stereocenters. The summed E-state index contributed by atoms with van der Waals surface area (Å²) < 4.78 is 0. The van der Waals surface area contributed by atoms with E-state index in [-0.39, 0.29) is 0 Å². The molecule has 0 atom stereocenters. The molecule has 10 heavy (non-hydrogen) atoms. The Labute approximate surface area is 68.3 Å². The molecule has 58 valence electrons. The highest BCUT2D eigenvalue weighted by Crippen LogP contribution is 2.33. The van der Waals surface area contributed by atoms with Crippen LogP contribution < -0.4 is 0 Å². The molecule has 0 aromatic heterocycles. The average Bonchev–Trinajstić information content (AvgIpc) is 1.86. The molecular weight excluding hydrogens is 144 g/mol. The van der Waals surface area contributed by atoms with Crippen LogP contribution in [-0.4, -0.2) is 5.88 Å². The van der Waals surface area contributed by atoms with Gasteiger partial charge in [0.15, 0.2) is 0 Å². The average molecular weight is 159 g/mol. The van der Waals surface area contributed by atoms with Crippen LogP contribution in [0.5, 0.6) is 0 Å². The van der Waals surface area contributed by atoms with Gasteiger partial charge < -0.3 is 0 Å². The van der Waals surface area contributed by atoms with Gasteiger partial charge in [0.2, 0.25) is 0 Å². The van der Waals surface area contributed by atoms with E-state index >= 15 is 0 Å². The number of allylic oxidation sites excluding steroid dienone is 2. The smallest absolute Gasteiger partial charge is 0.0433 e. The van der Waals surface area contributed by atoms with Gasteiger partial charge in [-0.25, -0.2) is 0 Å². The van der Waals surface area contributed by atoms with Crippen molar-refractivity contribution in [1.82, 2.24) is 0 Å². The zero-order valence-corrected chi connectivity index (χ0v) is 7.54. The van der Waals surface area contributed by atoms with Crippen LogP contribution in [-0.2, 0) is 0 Å². The van der Waals surface area contributed by atoms with Crippen molar-refractivity contribution in [2.75, 3.05) is 5.88 Å². The second kappa shape index (κ2) is 2.96. The third-order valence-electron chi connectivity index (χ3n) is 2.09. The predicted octanol–water partition coefficient (Wildman–Crippen LogP) is 3.36. The van der Waals surface area contributed by atoms with E-state index in [0.717, 1.165) is 5.88 Å². The van der Waals surface area contributed by atoms with Gasteiger partial charge in [0, 0.05) is 5.88 Å². The fraction of sp³-hybridized carbons (Fsp3) is 0.778. The number of hydrogen-bond donors (Lipinski definition) is 0. The molecule has 1 rings (SSSR count). The third-order valence-corrected chi connectivity index (χ3v) is 2.43. The molecule has 0 bridgehead atoms. The maximum absolute atomic E-state index is 5.74. The Morgan fingerprint density at radius 2 is 2.30 bits per heavy atom. The lowest BCUT2D eigenvalue weighted by atomic mass is 9.80. The van der Waals surface area contributed by atoms with Crippen LogP contribution in [0.15, 0.2) is 11.6 Å². The standard InChI is InChI=1S/C9H15Cl/c1-9(2)5-3-4-8(6-9)7-10/h6H,3-5,7H2,1-2H3. The van der Waals surface area contributed by atoms with E-state index in [1.165, 1.54) is 24.8 Å². The van der Waals surface area contributed by atoms with Crippen LogP contribution >= 0.6 is 11.6 Å². The molecule has 0 nitrogen and oxygen atoms in total. The Morgan fingerprint density at radius 1 is 1.60 bits per heavy atom. The van der Waals surface area contributed by atoms with Crippen molar-refractivity contribution >= 4 is 11.6 Å². The molecule has 0 spiro atoms. The van der Waals surface area contributed by atoms with Gasteiger partial charge in [-0.3, -0.25) is 0 Å². The van der Waals surface area contributed by atoms with E-state index in [1.54, 1.807) is 0 Å². The molecule has 0 fully saturated rings. The third kappa shape index (κ3) is 2.02. The van der Waals surface area contributed by atoms with Gasteiger partial charge in [-0.2, -0.15) is 0 Å². The molecule has 0 N–H and O–H groups in total. The lowest BCUT2D eigenvalue weighted by Gasteiger charge is -2.26. The summed E-state index contributed by atoms with van der Waals surface area (Å²) in [5.41, 5.74) is 1.83. The number of alkyl halides is 1. The van der Waals surface area contributed by atoms with Crippen LogP contribution in [0.3, 0.4) is 0 Å². The van der Waals surface area contributed by atoms with Gasteiger partial charge in [-0.15, -0.1) is 11.6 Å². The summed E-state index contributed by atoms with van der Waals surface area (Å²) in [7, 11) is 0. The van der Waals surface area contributed by atoms with Crippen molar-refractivity contribution in [2.24, 2.45) is 5.41 Å². The van der Waals surface area contributed by atoms with Crippen molar-refractivity contribution in [3.8, 4) is 0 Å². The van der Waals surface area contributed by atoms with Gasteiger partial charge in [-0.1, -0.05) is 25.5 Å². The van der Waals surface area contributed by atoms with E-state index in [9.17, 15) is 0 Å². The molecule has 1 heteroatoms. The molecule has 0 saturated carbocycles. The maximum Gasteiger partial charge on any atom is 0.0433 e. The first kappa shape index (κ1) is 8.13. The van der Waals surface area contributed by atoms with Crippen molar-refractivity contribution in [2.45, 2.75) is 33.1 Å². The fourth-order valence-corrected chi connectivity index (χ4v) is 1.78. The first-order chi connectivity index (χ1) is 4.64. The van der Waals surface area contributed by atoms with Crippen LogP contribution in [0.4, 0.5) is 0 Å². The first-order valence-corrected chi connectivity index (χ1v) is 4.44. The summed E-state index contributed by atoms with van der Waals surface area (Å²) in [6.45, 7) is 4.55. The maximum atomic E-state index is 5.74. The molecule has 0 saturated heterocycles. The van der Waals surface area contributed by atoms with E-state index in [1.807, 2.05) is 0 Å². The molecule has 0 aliphatic heterocycles. The topological polar surface area (TPSA) is 0 Å². The summed E-state index contributed by atoms with van der Waals surface area (Å²) in [6, 6.07) is 0. The number of halogens is 1. The highest BCUT2D eigenvalue weighted by atomic mass is 35.5. The van der Waals surface area contributed by atoms with Crippen LogP contribution in [0, 0.1) is 5.41 Å². The zero-order chi connectivity index (χ0) is 7.61. The lowest BCUT2D eigenvalue weighted by Crippen LogP contribution is -2.13. The molecule has 0 aromatic rings. The summed E-state index contributed by atoms with van der Waals surface area (Å²) in [6.07, 6.45) is 6.18. The van der Waals surface area contributed by atoms with Gasteiger partial charge >= 0.3 is 0 Å². The first-order valence-electron chi connectivity index (χ1n) is 3.91. The largest absolute Gasteiger partial charge is 0.122 e. The Bertz CT molecular complexity index is 145. The fourth-order valence-electron chi connectivity index (χ4n) is 1.57. The molecule has 0 amide bonds. The van der Waals surface area contributed by atoms with Gasteiger partial charge in [0.05, 0.1) is 0 Å². The Hall–Kier alpha value is 0.0300. The van der Waals surface area contributed by atoms with Crippen LogP contribution in [0.2, 0.25) is 0 Å². The minimum Gasteiger partial charge on any atom is -0.122 e. The Kier molecular flexibility index (Phi) is 2.40. The second-order valence-corrected chi connectivity index (χ2v) is 4.05. The summed E-state index contributed by atoms with van der Waals surface area (Å²) >= 11 is 5.74. The SMILES string of the molecule is CC1(C)C=C(CCl)CCC1. The molecule has 1 aliphatic rings. The lowest BCUT2D eigenvalue weighted by molar-refractivity contribution is 0.398. The number of rotatable bonds is 1. The molecule has 0 radical (unpaired) electrons. The van der Waals surface area contributed by atoms with E-state index in [0.29, 0.717) is 5.41 Å². The quantitative estimate of drug-likeness (QED) is 0.406. The van der Waals surface area contributed by atoms with Crippen molar-refractivity contribution in [1.29, 1.82) is 0 Å². The Balaban J connectivity index is 2.66. The van der Waals surface area contributed by atoms with E-state index in [2.05, 4.69) is 19.9 Å². The van der Waals surface area contributed by atoms with Crippen molar-refractivity contribution in [3.05, 3.63) is 11.6 Å². The van der Waals surface area contributed by atoms with Crippen LogP contribution in [0.25, 0.3) is 0 Å². The summed E-state index contributed by atoms with van der Waals surface area (Å²) in [5, 5.41) is 0. The van der Waals surface area contributed by atoms with E-state index < -0.39 is 0 Å². The normalized spacial score (nSPS) is 24.1. The highest BCUT2D eigenvalue weighted by Gasteiger charge is 2.19. The van der Waals surface area contributed by atoms with Crippen molar-refractivity contribution < 1.29 is 0 Å². The Morgan fingerprint density at radius 3 is 2.70 bits per heavy atom. The molecule has 0 heterocycles. The monoisotopic (exact) mass is 158 g/mol. The van der Waals surface area contributed by atoms with Gasteiger partial charge in [0.25, 0.3) is 0 Å². The summed E-state index contributed by atoms with van der Waals surface area (Å²) in [5.74, 6) is 0.726. The van der Waals surface area contributed by atoms with Gasteiger partial charge in [-0.05, 0) is 24.7 Å². The highest BCUT2D eigenvalue weighted by molar-refractivity contribution is 6.19. The number of hydrogen-bond acceptors (Lipinski definition) is 0. The van der Waals surface area contributed by atoms with Crippen molar-refractivity contribution in [3.63, 3.8) is 0 Å².